The molecule has 46 heavy (non-hydrogen) atoms. The number of hydrogen-bond acceptors (Lipinski definition) is 11. The highest BCUT2D eigenvalue weighted by Crippen LogP contribution is 2.43. The highest BCUT2D eigenvalue weighted by molar-refractivity contribution is 8.06. The van der Waals surface area contributed by atoms with E-state index < -0.39 is 11.9 Å². The van der Waals surface area contributed by atoms with E-state index in [1.807, 2.05) is 34.7 Å². The second-order valence-corrected chi connectivity index (χ2v) is 15.4. The third-order valence-corrected chi connectivity index (χ3v) is 9.83. The maximum Gasteiger partial charge on any atom is 0.332 e. The molecule has 0 unspecified atom stereocenters. The van der Waals surface area contributed by atoms with Crippen LogP contribution in [0.4, 0.5) is 0 Å². The van der Waals surface area contributed by atoms with Gasteiger partial charge < -0.3 is 35.1 Å². The molecule has 0 aliphatic carbocycles. The number of carboxylic acids is 1. The first kappa shape index (κ1) is 53.0. The van der Waals surface area contributed by atoms with Crippen LogP contribution >= 0.6 is 35.3 Å². The summed E-state index contributed by atoms with van der Waals surface area (Å²) in [7, 11) is 6.74. The van der Waals surface area contributed by atoms with E-state index in [2.05, 4.69) is 19.6 Å². The molecule has 15 heteroatoms. The second kappa shape index (κ2) is 22.9. The molecule has 0 spiro atoms. The molecule has 0 aromatic carbocycles. The van der Waals surface area contributed by atoms with E-state index in [9.17, 15) is 28.8 Å². The zero-order valence-electron chi connectivity index (χ0n) is 27.5. The quantitative estimate of drug-likeness (QED) is 0.288. The summed E-state index contributed by atoms with van der Waals surface area (Å²) in [5.74, 6) is -0.842. The normalized spacial score (nSPS) is 19.7. The van der Waals surface area contributed by atoms with Gasteiger partial charge in [-0.3, -0.25) is 14.4 Å². The molecular formula is C31H60N4O8S3. The topological polar surface area (TPSA) is 168 Å². The third-order valence-electron chi connectivity index (χ3n) is 5.89. The number of rotatable bonds is 3. The molecule has 3 aliphatic rings. The summed E-state index contributed by atoms with van der Waals surface area (Å²) >= 11 is 4.34. The number of thioether (sulfide) groups is 3. The van der Waals surface area contributed by atoms with Crippen molar-refractivity contribution in [3.63, 3.8) is 0 Å². The van der Waals surface area contributed by atoms with Crippen LogP contribution in [0.3, 0.4) is 0 Å². The first-order valence-corrected chi connectivity index (χ1v) is 15.8. The molecule has 3 N–H and O–H groups in total. The molecule has 3 aliphatic heterocycles. The maximum absolute atomic E-state index is 11.7. The van der Waals surface area contributed by atoms with Gasteiger partial charge in [0.2, 0.25) is 5.91 Å². The van der Waals surface area contributed by atoms with E-state index >= 15 is 0 Å². The van der Waals surface area contributed by atoms with Crippen LogP contribution in [0.25, 0.3) is 0 Å². The van der Waals surface area contributed by atoms with Gasteiger partial charge in [-0.1, -0.05) is 45.8 Å². The van der Waals surface area contributed by atoms with Crippen molar-refractivity contribution in [2.75, 3.05) is 40.6 Å². The smallest absolute Gasteiger partial charge is 0.332 e. The number of esters is 1. The first-order valence-electron chi connectivity index (χ1n) is 13.2. The molecule has 0 saturated carbocycles. The second-order valence-electron chi connectivity index (χ2n) is 10.5. The number of nitrogens with zero attached hydrogens (tertiary/aromatic N) is 3. The summed E-state index contributed by atoms with van der Waals surface area (Å²) in [6, 6.07) is 0. The summed E-state index contributed by atoms with van der Waals surface area (Å²) in [5, 5.41) is 8.49. The Morgan fingerprint density at radius 3 is 1.33 bits per heavy atom. The molecule has 0 bridgehead atoms. The van der Waals surface area contributed by atoms with Crippen LogP contribution in [0.15, 0.2) is 22.0 Å². The Balaban J connectivity index is -0.000000166. The maximum atomic E-state index is 11.7. The Bertz CT molecular complexity index is 1100. The van der Waals surface area contributed by atoms with Gasteiger partial charge in [0, 0.05) is 33.3 Å². The van der Waals surface area contributed by atoms with E-state index in [1.54, 1.807) is 42.6 Å². The number of carbonyl (C=O) groups is 6. The lowest BCUT2D eigenvalue weighted by atomic mass is 10.3. The van der Waals surface area contributed by atoms with Crippen molar-refractivity contribution in [3.8, 4) is 0 Å². The van der Waals surface area contributed by atoms with E-state index in [-0.39, 0.29) is 60.4 Å². The number of likely N-dealkylation sites (N-methyl/N-ethyl adjacent to an activating group) is 2. The van der Waals surface area contributed by atoms with Gasteiger partial charge in [0.15, 0.2) is 0 Å². The van der Waals surface area contributed by atoms with Gasteiger partial charge in [0.05, 0.1) is 36.8 Å². The standard InChI is InChI=1S/C10H15NO3S.C8H11NO3S.C6H11NOS.C3H6O.CH5N.3CH4/c1-5-14-8(12)6-7-9(13)11(4)10(2,3)15-7;1-8(2)9(3)7(12)5(13-8)4-6(10)11;1-6(2)7(3)5(8)4-9-6;1-3(2)4;1-2;;;/h6H,5H2,1-4H3;4H,1-3H3,(H,10,11);4H2,1-3H3;1-2H3;2H2,1H3;3*1H4/b7-6-;5-4-;;;;;;. The van der Waals surface area contributed by atoms with Gasteiger partial charge in [0.1, 0.15) is 5.78 Å². The largest absolute Gasteiger partial charge is 0.478 e. The van der Waals surface area contributed by atoms with E-state index in [1.165, 1.54) is 55.4 Å². The molecule has 0 radical (unpaired) electrons. The monoisotopic (exact) mass is 712 g/mol. The fourth-order valence-electron chi connectivity index (χ4n) is 2.90. The molecule has 0 aromatic heterocycles. The number of aliphatic carboxylic acids is 1. The van der Waals surface area contributed by atoms with Crippen LogP contribution in [-0.4, -0.2) is 110 Å². The third kappa shape index (κ3) is 17.4. The lowest BCUT2D eigenvalue weighted by Gasteiger charge is -2.25. The average molecular weight is 713 g/mol. The number of carboxylic acid groups (broad SMARTS) is 1. The lowest BCUT2D eigenvalue weighted by Crippen LogP contribution is -2.35. The van der Waals surface area contributed by atoms with Crippen molar-refractivity contribution in [1.82, 2.24) is 14.7 Å². The molecule has 270 valence electrons. The minimum Gasteiger partial charge on any atom is -0.478 e. The Labute approximate surface area is 290 Å². The number of amides is 3. The highest BCUT2D eigenvalue weighted by Gasteiger charge is 2.41. The van der Waals surface area contributed by atoms with Crippen molar-refractivity contribution >= 4 is 70.7 Å². The SMILES string of the molecule is C.C.C.CC(C)=O.CCOC(=O)/C=C1\SC(C)(C)N(C)C1=O.CN.CN1C(=O)/C(=C/C(=O)O)SC1(C)C.CN1C(=O)CSC1(C)C. The van der Waals surface area contributed by atoms with E-state index in [4.69, 9.17) is 9.84 Å². The van der Waals surface area contributed by atoms with Crippen LogP contribution in [0.5, 0.6) is 0 Å². The minimum atomic E-state index is -1.08. The molecular weight excluding hydrogens is 653 g/mol. The van der Waals surface area contributed by atoms with Crippen LogP contribution in [0, 0.1) is 0 Å². The Morgan fingerprint density at radius 2 is 1.13 bits per heavy atom. The van der Waals surface area contributed by atoms with Crippen molar-refractivity contribution in [2.45, 2.75) is 99.2 Å². The molecule has 3 fully saturated rings. The van der Waals surface area contributed by atoms with Crippen LogP contribution < -0.4 is 5.73 Å². The Morgan fingerprint density at radius 1 is 0.783 bits per heavy atom. The van der Waals surface area contributed by atoms with Gasteiger partial charge in [0.25, 0.3) is 11.8 Å². The summed E-state index contributed by atoms with van der Waals surface area (Å²) in [6.07, 6.45) is 2.22. The number of ketones is 1. The molecule has 12 nitrogen and oxygen atoms in total. The Hall–Kier alpha value is -2.49. The first-order chi connectivity index (χ1) is 19.5. The van der Waals surface area contributed by atoms with Crippen molar-refractivity contribution < 1.29 is 38.6 Å². The number of Topliss-reactive ketones (excluding diaryl/α,β-unsaturated/α-hetero) is 1. The van der Waals surface area contributed by atoms with Gasteiger partial charge in [-0.15, -0.1) is 11.8 Å². The van der Waals surface area contributed by atoms with Crippen LogP contribution in [0.2, 0.25) is 0 Å². The van der Waals surface area contributed by atoms with Crippen molar-refractivity contribution in [1.29, 1.82) is 0 Å². The number of nitrogens with two attached hydrogens (primary N) is 1. The van der Waals surface area contributed by atoms with Gasteiger partial charge in [-0.05, 0) is 69.4 Å². The molecule has 0 aromatic rings. The predicted octanol–water partition coefficient (Wildman–Crippen LogP) is 5.28. The molecule has 3 saturated heterocycles. The molecule has 0 atom stereocenters. The average Bonchev–Trinajstić information content (AvgIpc) is 3.32. The number of ether oxygens (including phenoxy) is 1. The summed E-state index contributed by atoms with van der Waals surface area (Å²) in [6.45, 7) is 16.8. The molecule has 3 amide bonds. The molecule has 3 rings (SSSR count). The zero-order chi connectivity index (χ0) is 34.5. The minimum absolute atomic E-state index is 0. The predicted molar refractivity (Wildman–Crippen MR) is 195 cm³/mol. The number of carbonyl (C=O) groups excluding carboxylic acids is 5. The van der Waals surface area contributed by atoms with Gasteiger partial charge >= 0.3 is 11.9 Å². The fourth-order valence-corrected chi connectivity index (χ4v) is 6.15. The Kier molecular flexibility index (Phi) is 26.4. The van der Waals surface area contributed by atoms with Gasteiger partial charge in [-0.2, -0.15) is 0 Å². The van der Waals surface area contributed by atoms with Crippen LogP contribution in [-0.2, 0) is 33.5 Å². The summed E-state index contributed by atoms with van der Waals surface area (Å²) in [4.78, 5) is 70.1. The zero-order valence-corrected chi connectivity index (χ0v) is 30.0. The van der Waals surface area contributed by atoms with E-state index in [0.29, 0.717) is 22.2 Å². The van der Waals surface area contributed by atoms with Crippen molar-refractivity contribution in [2.24, 2.45) is 5.73 Å². The summed E-state index contributed by atoms with van der Waals surface area (Å²) < 4.78 is 4.76. The lowest BCUT2D eigenvalue weighted by molar-refractivity contribution is -0.137. The van der Waals surface area contributed by atoms with Crippen LogP contribution in [0.1, 0.15) is 84.6 Å². The molecule has 3 heterocycles. The van der Waals surface area contributed by atoms with Crippen molar-refractivity contribution in [3.05, 3.63) is 22.0 Å². The summed E-state index contributed by atoms with van der Waals surface area (Å²) in [5.41, 5.74) is 4.50. The number of hydrogen-bond donors (Lipinski definition) is 2. The van der Waals surface area contributed by atoms with E-state index in [0.717, 1.165) is 6.08 Å². The van der Waals surface area contributed by atoms with Gasteiger partial charge in [-0.25, -0.2) is 9.59 Å². The highest BCUT2D eigenvalue weighted by atomic mass is 32.2. The fraction of sp³-hybridized carbons (Fsp3) is 0.677.